The van der Waals surface area contributed by atoms with Crippen molar-refractivity contribution in [3.63, 3.8) is 0 Å². The summed E-state index contributed by atoms with van der Waals surface area (Å²) < 4.78 is 35.7. The lowest BCUT2D eigenvalue weighted by Gasteiger charge is -2.26. The fraction of sp³-hybridized carbons (Fsp3) is 0.800. The predicted molar refractivity (Wildman–Crippen MR) is 57.7 cm³/mol. The van der Waals surface area contributed by atoms with Crippen LogP contribution in [0.1, 0.15) is 19.8 Å². The number of alkyl halides is 3. The van der Waals surface area contributed by atoms with Crippen molar-refractivity contribution < 1.29 is 22.8 Å². The van der Waals surface area contributed by atoms with Crippen LogP contribution in [0.25, 0.3) is 0 Å². The third-order valence-corrected chi connectivity index (χ3v) is 2.61. The van der Waals surface area contributed by atoms with Gasteiger partial charge < -0.3 is 16.0 Å². The van der Waals surface area contributed by atoms with E-state index in [0.29, 0.717) is 19.4 Å². The maximum Gasteiger partial charge on any atom is 0.405 e. The molecule has 2 amide bonds. The number of rotatable bonds is 4. The Morgan fingerprint density at radius 2 is 2.22 bits per heavy atom. The first-order valence-corrected chi connectivity index (χ1v) is 5.65. The second kappa shape index (κ2) is 6.03. The smallest absolute Gasteiger partial charge is 0.355 e. The lowest BCUT2D eigenvalue weighted by Crippen LogP contribution is -2.53. The molecule has 1 saturated heterocycles. The monoisotopic (exact) mass is 267 g/mol. The topological polar surface area (TPSA) is 70.2 Å². The molecule has 0 spiro atoms. The predicted octanol–water partition coefficient (Wildman–Crippen LogP) is -0.0784. The molecule has 2 atom stereocenters. The van der Waals surface area contributed by atoms with E-state index in [9.17, 15) is 22.8 Å². The molecule has 1 fully saturated rings. The number of amides is 2. The van der Waals surface area contributed by atoms with Crippen LogP contribution in [0.3, 0.4) is 0 Å². The third kappa shape index (κ3) is 5.35. The van der Waals surface area contributed by atoms with Crippen LogP contribution in [0, 0.1) is 0 Å². The standard InChI is InChI=1S/C10H16F3N3O2/c1-6(9(18)15-5-10(11,12)13)16-7-2-3-8(17)14-4-7/h6-7,16H,2-5H2,1H3,(H,14,17)(H,15,18). The van der Waals surface area contributed by atoms with Crippen LogP contribution in [0.5, 0.6) is 0 Å². The fourth-order valence-electron chi connectivity index (χ4n) is 1.64. The number of piperidine rings is 1. The van der Waals surface area contributed by atoms with Gasteiger partial charge in [-0.05, 0) is 13.3 Å². The van der Waals surface area contributed by atoms with Crippen LogP contribution in [-0.4, -0.2) is 43.2 Å². The second-order valence-electron chi connectivity index (χ2n) is 4.26. The number of nitrogens with one attached hydrogen (secondary N) is 3. The molecule has 0 aromatic carbocycles. The zero-order valence-electron chi connectivity index (χ0n) is 9.93. The van der Waals surface area contributed by atoms with Crippen molar-refractivity contribution in [1.29, 1.82) is 0 Å². The average Bonchev–Trinajstić information content (AvgIpc) is 2.28. The molecule has 18 heavy (non-hydrogen) atoms. The fourth-order valence-corrected chi connectivity index (χ4v) is 1.64. The van der Waals surface area contributed by atoms with Crippen LogP contribution < -0.4 is 16.0 Å². The minimum Gasteiger partial charge on any atom is -0.355 e. The van der Waals surface area contributed by atoms with Gasteiger partial charge >= 0.3 is 6.18 Å². The van der Waals surface area contributed by atoms with Crippen molar-refractivity contribution in [3.8, 4) is 0 Å². The first kappa shape index (κ1) is 14.7. The van der Waals surface area contributed by atoms with Crippen molar-refractivity contribution in [2.75, 3.05) is 13.1 Å². The summed E-state index contributed by atoms with van der Waals surface area (Å²) in [5.41, 5.74) is 0. The van der Waals surface area contributed by atoms with Crippen LogP contribution >= 0.6 is 0 Å². The second-order valence-corrected chi connectivity index (χ2v) is 4.26. The van der Waals surface area contributed by atoms with E-state index in [1.54, 1.807) is 5.32 Å². The maximum atomic E-state index is 11.9. The van der Waals surface area contributed by atoms with Gasteiger partial charge in [0.15, 0.2) is 0 Å². The van der Waals surface area contributed by atoms with Gasteiger partial charge in [-0.1, -0.05) is 0 Å². The van der Waals surface area contributed by atoms with E-state index in [0.717, 1.165) is 0 Å². The highest BCUT2D eigenvalue weighted by atomic mass is 19.4. The van der Waals surface area contributed by atoms with E-state index in [4.69, 9.17) is 0 Å². The molecule has 0 saturated carbocycles. The highest BCUT2D eigenvalue weighted by molar-refractivity contribution is 5.81. The lowest BCUT2D eigenvalue weighted by atomic mass is 10.1. The molecule has 2 unspecified atom stereocenters. The van der Waals surface area contributed by atoms with Gasteiger partial charge in [-0.15, -0.1) is 0 Å². The molecule has 0 aromatic rings. The molecule has 0 bridgehead atoms. The number of carbonyl (C=O) groups is 2. The summed E-state index contributed by atoms with van der Waals surface area (Å²) >= 11 is 0. The molecule has 0 radical (unpaired) electrons. The van der Waals surface area contributed by atoms with E-state index >= 15 is 0 Å². The van der Waals surface area contributed by atoms with Crippen molar-refractivity contribution >= 4 is 11.8 Å². The van der Waals surface area contributed by atoms with E-state index in [1.165, 1.54) is 6.92 Å². The Bertz CT molecular complexity index is 310. The Balaban J connectivity index is 2.29. The molecule has 3 N–H and O–H groups in total. The first-order chi connectivity index (χ1) is 8.28. The zero-order chi connectivity index (χ0) is 13.8. The Labute approximate surface area is 102 Å². The molecular weight excluding hydrogens is 251 g/mol. The van der Waals surface area contributed by atoms with Crippen LogP contribution in [-0.2, 0) is 9.59 Å². The third-order valence-electron chi connectivity index (χ3n) is 2.61. The largest absolute Gasteiger partial charge is 0.405 e. The highest BCUT2D eigenvalue weighted by Crippen LogP contribution is 2.12. The molecular formula is C10H16F3N3O2. The van der Waals surface area contributed by atoms with Gasteiger partial charge in [0, 0.05) is 19.0 Å². The van der Waals surface area contributed by atoms with Gasteiger partial charge in [0.1, 0.15) is 6.54 Å². The first-order valence-electron chi connectivity index (χ1n) is 5.65. The normalized spacial score (nSPS) is 22.2. The Kier molecular flexibility index (Phi) is 4.94. The zero-order valence-corrected chi connectivity index (χ0v) is 9.93. The van der Waals surface area contributed by atoms with Gasteiger partial charge in [0.25, 0.3) is 0 Å². The Morgan fingerprint density at radius 1 is 1.56 bits per heavy atom. The van der Waals surface area contributed by atoms with Crippen molar-refractivity contribution in [1.82, 2.24) is 16.0 Å². The van der Waals surface area contributed by atoms with Gasteiger partial charge in [0.05, 0.1) is 6.04 Å². The Hall–Kier alpha value is -1.31. The van der Waals surface area contributed by atoms with Gasteiger partial charge in [-0.25, -0.2) is 0 Å². The van der Waals surface area contributed by atoms with Crippen molar-refractivity contribution in [2.24, 2.45) is 0 Å². The molecule has 0 aliphatic carbocycles. The van der Waals surface area contributed by atoms with Crippen molar-refractivity contribution in [2.45, 2.75) is 38.0 Å². The minimum absolute atomic E-state index is 0.0535. The minimum atomic E-state index is -4.41. The molecule has 8 heteroatoms. The SMILES string of the molecule is CC(NC1CCC(=O)NC1)C(=O)NCC(F)(F)F. The summed E-state index contributed by atoms with van der Waals surface area (Å²) in [6.07, 6.45) is -3.48. The molecule has 104 valence electrons. The van der Waals surface area contributed by atoms with Crippen LogP contribution in [0.2, 0.25) is 0 Å². The molecule has 1 aliphatic heterocycles. The number of carbonyl (C=O) groups excluding carboxylic acids is 2. The van der Waals surface area contributed by atoms with Crippen LogP contribution in [0.4, 0.5) is 13.2 Å². The number of hydrogen-bond acceptors (Lipinski definition) is 3. The molecule has 1 heterocycles. The summed E-state index contributed by atoms with van der Waals surface area (Å²) in [6, 6.07) is -0.818. The van der Waals surface area contributed by atoms with E-state index in [-0.39, 0.29) is 11.9 Å². The summed E-state index contributed by atoms with van der Waals surface area (Å²) in [4.78, 5) is 22.3. The highest BCUT2D eigenvalue weighted by Gasteiger charge is 2.29. The summed E-state index contributed by atoms with van der Waals surface area (Å²) in [5.74, 6) is -0.758. The molecule has 0 aromatic heterocycles. The molecule has 1 aliphatic rings. The average molecular weight is 267 g/mol. The number of hydrogen-bond donors (Lipinski definition) is 3. The summed E-state index contributed by atoms with van der Waals surface area (Å²) in [5, 5.41) is 7.31. The van der Waals surface area contributed by atoms with Crippen molar-refractivity contribution in [3.05, 3.63) is 0 Å². The molecule has 5 nitrogen and oxygen atoms in total. The van der Waals surface area contributed by atoms with Crippen LogP contribution in [0.15, 0.2) is 0 Å². The Morgan fingerprint density at radius 3 is 2.72 bits per heavy atom. The van der Waals surface area contributed by atoms with E-state index < -0.39 is 24.7 Å². The maximum absolute atomic E-state index is 11.9. The molecule has 1 rings (SSSR count). The number of halogens is 3. The van der Waals surface area contributed by atoms with E-state index in [2.05, 4.69) is 10.6 Å². The lowest BCUT2D eigenvalue weighted by molar-refractivity contribution is -0.139. The van der Waals surface area contributed by atoms with E-state index in [1.807, 2.05) is 0 Å². The quantitative estimate of drug-likeness (QED) is 0.667. The summed E-state index contributed by atoms with van der Waals surface area (Å²) in [6.45, 7) is 0.539. The van der Waals surface area contributed by atoms with Gasteiger partial charge in [0.2, 0.25) is 11.8 Å². The van der Waals surface area contributed by atoms with Gasteiger partial charge in [-0.2, -0.15) is 13.2 Å². The summed E-state index contributed by atoms with van der Waals surface area (Å²) in [7, 11) is 0. The van der Waals surface area contributed by atoms with Gasteiger partial charge in [-0.3, -0.25) is 9.59 Å².